The predicted octanol–water partition coefficient (Wildman–Crippen LogP) is 6.43. The van der Waals surface area contributed by atoms with Crippen LogP contribution in [0.1, 0.15) is 16.1 Å². The maximum absolute atomic E-state index is 13.3. The Hall–Kier alpha value is -3.83. The zero-order valence-electron chi connectivity index (χ0n) is 17.1. The number of fused-ring (bicyclic) bond motifs is 2. The number of Topliss-reactive ketones (excluding diaryl/α,β-unsaturated/α-hetero) is 1. The van der Waals surface area contributed by atoms with E-state index in [2.05, 4.69) is 0 Å². The topological polar surface area (TPSA) is 69.7 Å². The molecule has 0 unspecified atom stereocenters. The number of ether oxygens (including phenoxy) is 1. The van der Waals surface area contributed by atoms with E-state index in [9.17, 15) is 9.59 Å². The SMILES string of the molecule is Cc1ccc(-c2oc3ccc(Cl)cc3c(=O)c2OCC(=O)c2cc3ccccc3o2)cc1. The second-order valence-corrected chi connectivity index (χ2v) is 7.89. The van der Waals surface area contributed by atoms with Gasteiger partial charge >= 0.3 is 0 Å². The van der Waals surface area contributed by atoms with Crippen LogP contribution in [-0.4, -0.2) is 12.4 Å². The van der Waals surface area contributed by atoms with Crippen molar-refractivity contribution < 1.29 is 18.4 Å². The van der Waals surface area contributed by atoms with Crippen molar-refractivity contribution in [2.24, 2.45) is 0 Å². The Morgan fingerprint density at radius 1 is 0.938 bits per heavy atom. The molecule has 5 rings (SSSR count). The van der Waals surface area contributed by atoms with Gasteiger partial charge in [-0.05, 0) is 37.3 Å². The van der Waals surface area contributed by atoms with Crippen molar-refractivity contribution in [2.45, 2.75) is 6.92 Å². The number of carbonyl (C=O) groups is 1. The molecule has 5 nitrogen and oxygen atoms in total. The summed E-state index contributed by atoms with van der Waals surface area (Å²) in [5.41, 5.74) is 2.31. The summed E-state index contributed by atoms with van der Waals surface area (Å²) in [5, 5.41) is 1.49. The lowest BCUT2D eigenvalue weighted by molar-refractivity contribution is 0.0894. The van der Waals surface area contributed by atoms with E-state index < -0.39 is 5.43 Å². The van der Waals surface area contributed by atoms with Crippen LogP contribution in [0, 0.1) is 6.92 Å². The van der Waals surface area contributed by atoms with Crippen LogP contribution in [0.4, 0.5) is 0 Å². The van der Waals surface area contributed by atoms with Crippen molar-refractivity contribution in [3.63, 3.8) is 0 Å². The minimum atomic E-state index is -0.401. The Bertz CT molecular complexity index is 1490. The van der Waals surface area contributed by atoms with Gasteiger partial charge in [-0.15, -0.1) is 0 Å². The first kappa shape index (κ1) is 20.1. The van der Waals surface area contributed by atoms with Gasteiger partial charge in [0.25, 0.3) is 0 Å². The molecular weight excluding hydrogens is 428 g/mol. The number of halogens is 1. The molecule has 0 fully saturated rings. The molecule has 0 radical (unpaired) electrons. The lowest BCUT2D eigenvalue weighted by atomic mass is 10.1. The van der Waals surface area contributed by atoms with Gasteiger partial charge in [0.15, 0.2) is 18.1 Å². The van der Waals surface area contributed by atoms with Crippen molar-refractivity contribution in [3.8, 4) is 17.1 Å². The Morgan fingerprint density at radius 3 is 2.50 bits per heavy atom. The minimum absolute atomic E-state index is 0.0481. The van der Waals surface area contributed by atoms with Gasteiger partial charge in [-0.2, -0.15) is 0 Å². The van der Waals surface area contributed by atoms with Gasteiger partial charge in [0, 0.05) is 16.0 Å². The molecule has 3 aromatic carbocycles. The second kappa shape index (κ2) is 8.02. The maximum atomic E-state index is 13.3. The first-order chi connectivity index (χ1) is 15.5. The van der Waals surface area contributed by atoms with Crippen molar-refractivity contribution in [1.82, 2.24) is 0 Å². The van der Waals surface area contributed by atoms with Gasteiger partial charge in [-0.1, -0.05) is 59.6 Å². The van der Waals surface area contributed by atoms with Gasteiger partial charge in [0.1, 0.15) is 11.2 Å². The summed E-state index contributed by atoms with van der Waals surface area (Å²) in [6.07, 6.45) is 0. The van der Waals surface area contributed by atoms with E-state index in [1.165, 1.54) is 6.07 Å². The number of carbonyl (C=O) groups excluding carboxylic acids is 1. The number of hydrogen-bond donors (Lipinski definition) is 0. The monoisotopic (exact) mass is 444 g/mol. The van der Waals surface area contributed by atoms with Crippen LogP contribution in [0.25, 0.3) is 33.3 Å². The van der Waals surface area contributed by atoms with E-state index in [1.54, 1.807) is 24.3 Å². The minimum Gasteiger partial charge on any atom is -0.478 e. The summed E-state index contributed by atoms with van der Waals surface area (Å²) in [5.74, 6) is -0.0201. The zero-order valence-corrected chi connectivity index (χ0v) is 17.8. The smallest absolute Gasteiger partial charge is 0.235 e. The molecule has 0 atom stereocenters. The molecule has 0 saturated carbocycles. The molecule has 2 aromatic heterocycles. The van der Waals surface area contributed by atoms with Crippen LogP contribution in [0.15, 0.2) is 86.4 Å². The highest BCUT2D eigenvalue weighted by Crippen LogP contribution is 2.32. The highest BCUT2D eigenvalue weighted by molar-refractivity contribution is 6.31. The molecule has 0 amide bonds. The lowest BCUT2D eigenvalue weighted by Gasteiger charge is -2.11. The fraction of sp³-hybridized carbons (Fsp3) is 0.0769. The van der Waals surface area contributed by atoms with Crippen LogP contribution >= 0.6 is 11.6 Å². The summed E-state index contributed by atoms with van der Waals surface area (Å²) in [6.45, 7) is 1.58. The van der Waals surface area contributed by atoms with Crippen molar-refractivity contribution in [1.29, 1.82) is 0 Å². The normalized spacial score (nSPS) is 11.2. The van der Waals surface area contributed by atoms with E-state index in [0.717, 1.165) is 10.9 Å². The third kappa shape index (κ3) is 3.67. The van der Waals surface area contributed by atoms with Crippen LogP contribution in [-0.2, 0) is 0 Å². The Morgan fingerprint density at radius 2 is 1.72 bits per heavy atom. The molecule has 32 heavy (non-hydrogen) atoms. The largest absolute Gasteiger partial charge is 0.478 e. The molecule has 5 aromatic rings. The summed E-state index contributed by atoms with van der Waals surface area (Å²) in [7, 11) is 0. The van der Waals surface area contributed by atoms with E-state index in [1.807, 2.05) is 49.4 Å². The van der Waals surface area contributed by atoms with Crippen LogP contribution in [0.5, 0.6) is 5.75 Å². The van der Waals surface area contributed by atoms with Gasteiger partial charge in [0.05, 0.1) is 5.39 Å². The number of rotatable bonds is 5. The molecular formula is C26H17ClO5. The first-order valence-electron chi connectivity index (χ1n) is 9.97. The van der Waals surface area contributed by atoms with Gasteiger partial charge in [-0.25, -0.2) is 0 Å². The van der Waals surface area contributed by atoms with E-state index in [-0.39, 0.29) is 35.0 Å². The number of para-hydroxylation sites is 1. The Balaban J connectivity index is 1.55. The molecule has 0 aliphatic rings. The number of hydrogen-bond acceptors (Lipinski definition) is 5. The summed E-state index contributed by atoms with van der Waals surface area (Å²) < 4.78 is 17.4. The summed E-state index contributed by atoms with van der Waals surface area (Å²) in [4.78, 5) is 26.0. The Kier molecular flexibility index (Phi) is 5.04. The molecule has 0 saturated heterocycles. The average molecular weight is 445 g/mol. The van der Waals surface area contributed by atoms with Gasteiger partial charge in [-0.3, -0.25) is 9.59 Å². The molecule has 0 N–H and O–H groups in total. The first-order valence-corrected chi connectivity index (χ1v) is 10.4. The molecule has 0 aliphatic carbocycles. The van der Waals surface area contributed by atoms with Crippen molar-refractivity contribution in [2.75, 3.05) is 6.61 Å². The van der Waals surface area contributed by atoms with Crippen LogP contribution < -0.4 is 10.2 Å². The molecule has 0 bridgehead atoms. The summed E-state index contributed by atoms with van der Waals surface area (Å²) in [6, 6.07) is 21.3. The van der Waals surface area contributed by atoms with E-state index >= 15 is 0 Å². The lowest BCUT2D eigenvalue weighted by Crippen LogP contribution is -2.16. The fourth-order valence-electron chi connectivity index (χ4n) is 3.50. The fourth-order valence-corrected chi connectivity index (χ4v) is 3.68. The molecule has 2 heterocycles. The molecule has 158 valence electrons. The Labute approximate surface area is 187 Å². The van der Waals surface area contributed by atoms with E-state index in [0.29, 0.717) is 21.8 Å². The average Bonchev–Trinajstić information content (AvgIpc) is 3.24. The number of benzene rings is 3. The standard InChI is InChI=1S/C26H17ClO5/c1-15-6-8-16(9-7-15)25-26(24(29)19-13-18(27)10-11-22(19)32-25)30-14-20(28)23-12-17-4-2-3-5-21(17)31-23/h2-13H,14H2,1H3. The van der Waals surface area contributed by atoms with Gasteiger partial charge < -0.3 is 13.6 Å². The zero-order chi connectivity index (χ0) is 22.2. The highest BCUT2D eigenvalue weighted by Gasteiger charge is 2.20. The quantitative estimate of drug-likeness (QED) is 0.292. The van der Waals surface area contributed by atoms with Crippen LogP contribution in [0.3, 0.4) is 0 Å². The predicted molar refractivity (Wildman–Crippen MR) is 124 cm³/mol. The van der Waals surface area contributed by atoms with Crippen molar-refractivity contribution >= 4 is 39.3 Å². The number of ketones is 1. The maximum Gasteiger partial charge on any atom is 0.235 e. The van der Waals surface area contributed by atoms with E-state index in [4.69, 9.17) is 25.2 Å². The van der Waals surface area contributed by atoms with Crippen LogP contribution in [0.2, 0.25) is 5.02 Å². The highest BCUT2D eigenvalue weighted by atomic mass is 35.5. The third-order valence-electron chi connectivity index (χ3n) is 5.17. The molecule has 0 aliphatic heterocycles. The van der Waals surface area contributed by atoms with Gasteiger partial charge in [0.2, 0.25) is 17.0 Å². The number of furan rings is 1. The number of aryl methyl sites for hydroxylation is 1. The molecule has 0 spiro atoms. The summed E-state index contributed by atoms with van der Waals surface area (Å²) >= 11 is 6.08. The second-order valence-electron chi connectivity index (χ2n) is 7.46. The van der Waals surface area contributed by atoms with Crippen molar-refractivity contribution in [3.05, 3.63) is 99.4 Å². The molecule has 6 heteroatoms. The third-order valence-corrected chi connectivity index (χ3v) is 5.41.